The van der Waals surface area contributed by atoms with E-state index in [1.807, 2.05) is 60.7 Å². The summed E-state index contributed by atoms with van der Waals surface area (Å²) in [7, 11) is 0. The molecule has 8 nitrogen and oxygen atoms in total. The first kappa shape index (κ1) is 23.6. The van der Waals surface area contributed by atoms with Crippen LogP contribution >= 0.6 is 0 Å². The highest BCUT2D eigenvalue weighted by Crippen LogP contribution is 2.05. The zero-order valence-corrected chi connectivity index (χ0v) is 18.2. The van der Waals surface area contributed by atoms with E-state index in [1.54, 1.807) is 9.80 Å². The summed E-state index contributed by atoms with van der Waals surface area (Å²) in [6.45, 7) is 3.79. The Labute approximate surface area is 189 Å². The van der Waals surface area contributed by atoms with Crippen LogP contribution in [0.15, 0.2) is 60.7 Å². The van der Waals surface area contributed by atoms with Gasteiger partial charge in [-0.3, -0.25) is 0 Å². The summed E-state index contributed by atoms with van der Waals surface area (Å²) in [6.07, 6.45) is -0.758. The van der Waals surface area contributed by atoms with Crippen molar-refractivity contribution in [2.75, 3.05) is 52.5 Å². The number of amides is 2. The summed E-state index contributed by atoms with van der Waals surface area (Å²) in [4.78, 5) is 28.1. The van der Waals surface area contributed by atoms with Crippen LogP contribution in [0.25, 0.3) is 0 Å². The van der Waals surface area contributed by atoms with Gasteiger partial charge in [0.1, 0.15) is 13.2 Å². The summed E-state index contributed by atoms with van der Waals surface area (Å²) in [5, 5.41) is 4.47. The molecule has 32 heavy (non-hydrogen) atoms. The van der Waals surface area contributed by atoms with Crippen LogP contribution in [0.5, 0.6) is 0 Å². The molecule has 8 heteroatoms. The molecule has 0 N–H and O–H groups in total. The lowest BCUT2D eigenvalue weighted by Crippen LogP contribution is -2.42. The molecule has 1 aliphatic heterocycles. The second-order valence-electron chi connectivity index (χ2n) is 7.34. The summed E-state index contributed by atoms with van der Waals surface area (Å²) >= 11 is 0. The molecular formula is C24H30N3O5. The Morgan fingerprint density at radius 3 is 1.59 bits per heavy atom. The zero-order chi connectivity index (χ0) is 22.4. The fourth-order valence-corrected chi connectivity index (χ4v) is 3.16. The minimum Gasteiger partial charge on any atom is -0.445 e. The second-order valence-corrected chi connectivity index (χ2v) is 7.34. The van der Waals surface area contributed by atoms with Crippen molar-refractivity contribution in [3.63, 3.8) is 0 Å². The molecule has 2 aromatic carbocycles. The lowest BCUT2D eigenvalue weighted by molar-refractivity contribution is 0.0535. The Bertz CT molecular complexity index is 737. The van der Waals surface area contributed by atoms with E-state index in [1.165, 1.54) is 0 Å². The van der Waals surface area contributed by atoms with E-state index in [9.17, 15) is 9.59 Å². The van der Waals surface area contributed by atoms with Gasteiger partial charge in [-0.1, -0.05) is 60.7 Å². The van der Waals surface area contributed by atoms with E-state index >= 15 is 0 Å². The van der Waals surface area contributed by atoms with Crippen LogP contribution in [-0.2, 0) is 27.4 Å². The van der Waals surface area contributed by atoms with Crippen molar-refractivity contribution in [2.45, 2.75) is 13.2 Å². The third-order valence-corrected chi connectivity index (χ3v) is 4.99. The van der Waals surface area contributed by atoms with Crippen molar-refractivity contribution in [3.8, 4) is 0 Å². The minimum absolute atomic E-state index is 0.230. The molecule has 1 aliphatic rings. The molecule has 0 spiro atoms. The molecule has 0 unspecified atom stereocenters. The lowest BCUT2D eigenvalue weighted by Gasteiger charge is -2.25. The van der Waals surface area contributed by atoms with Gasteiger partial charge in [-0.05, 0) is 11.1 Å². The van der Waals surface area contributed by atoms with E-state index in [4.69, 9.17) is 14.2 Å². The van der Waals surface area contributed by atoms with Crippen LogP contribution < -0.4 is 5.32 Å². The third kappa shape index (κ3) is 8.20. The average molecular weight is 441 g/mol. The predicted molar refractivity (Wildman–Crippen MR) is 119 cm³/mol. The standard InChI is InChI=1S/C24H30N3O5/c28-23(31-19-21-7-3-1-4-8-21)26-13-11-25-12-14-27(16-18-30-17-15-26)24(29)32-20-22-9-5-2-6-10-22/h1-10H,11-20H2. The third-order valence-electron chi connectivity index (χ3n) is 4.99. The molecule has 1 heterocycles. The first-order valence-corrected chi connectivity index (χ1v) is 10.8. The average Bonchev–Trinajstić information content (AvgIpc) is 2.82. The Hall–Kier alpha value is -3.10. The Balaban J connectivity index is 1.42. The summed E-state index contributed by atoms with van der Waals surface area (Å²) < 4.78 is 16.5. The molecule has 1 saturated heterocycles. The van der Waals surface area contributed by atoms with Gasteiger partial charge in [0.15, 0.2) is 0 Å². The van der Waals surface area contributed by atoms with Crippen LogP contribution in [0.2, 0.25) is 0 Å². The maximum absolute atomic E-state index is 12.5. The molecule has 0 atom stereocenters. The van der Waals surface area contributed by atoms with Crippen LogP contribution in [0.1, 0.15) is 11.1 Å². The van der Waals surface area contributed by atoms with Crippen LogP contribution in [-0.4, -0.2) is 74.5 Å². The number of hydrogen-bond donors (Lipinski definition) is 0. The first-order valence-electron chi connectivity index (χ1n) is 10.8. The molecule has 2 aromatic rings. The van der Waals surface area contributed by atoms with Gasteiger partial charge < -0.3 is 24.0 Å². The van der Waals surface area contributed by atoms with Gasteiger partial charge in [0.2, 0.25) is 0 Å². The SMILES string of the molecule is O=C(OCc1ccccc1)N1CC[N]CCN(C(=O)OCc2ccccc2)CCOCC1. The number of ether oxygens (including phenoxy) is 3. The highest BCUT2D eigenvalue weighted by Gasteiger charge is 2.18. The fraction of sp³-hybridized carbons (Fsp3) is 0.417. The van der Waals surface area contributed by atoms with Gasteiger partial charge in [-0.15, -0.1) is 0 Å². The highest BCUT2D eigenvalue weighted by atomic mass is 16.6. The Morgan fingerprint density at radius 2 is 1.16 bits per heavy atom. The molecule has 0 aliphatic carbocycles. The van der Waals surface area contributed by atoms with Crippen molar-refractivity contribution >= 4 is 12.2 Å². The first-order chi connectivity index (χ1) is 15.7. The van der Waals surface area contributed by atoms with Crippen molar-refractivity contribution in [1.29, 1.82) is 0 Å². The molecule has 0 bridgehead atoms. The van der Waals surface area contributed by atoms with E-state index in [-0.39, 0.29) is 25.4 Å². The van der Waals surface area contributed by atoms with Gasteiger partial charge >= 0.3 is 12.2 Å². The molecule has 0 aromatic heterocycles. The van der Waals surface area contributed by atoms with E-state index in [0.717, 1.165) is 11.1 Å². The maximum Gasteiger partial charge on any atom is 0.410 e. The number of hydrogen-bond acceptors (Lipinski definition) is 5. The minimum atomic E-state index is -0.379. The number of nitrogens with zero attached hydrogens (tertiary/aromatic N) is 3. The van der Waals surface area contributed by atoms with Crippen LogP contribution in [0.3, 0.4) is 0 Å². The number of benzene rings is 2. The van der Waals surface area contributed by atoms with Crippen LogP contribution in [0.4, 0.5) is 9.59 Å². The molecule has 2 amide bonds. The molecule has 3 rings (SSSR count). The van der Waals surface area contributed by atoms with E-state index < -0.39 is 0 Å². The highest BCUT2D eigenvalue weighted by molar-refractivity contribution is 5.68. The topological polar surface area (TPSA) is 82.4 Å². The van der Waals surface area contributed by atoms with Crippen molar-refractivity contribution < 1.29 is 23.8 Å². The summed E-state index contributed by atoms with van der Waals surface area (Å²) in [5.41, 5.74) is 1.88. The van der Waals surface area contributed by atoms with Crippen molar-refractivity contribution in [2.24, 2.45) is 0 Å². The summed E-state index contributed by atoms with van der Waals surface area (Å²) in [5.74, 6) is 0. The van der Waals surface area contributed by atoms with Crippen LogP contribution in [0, 0.1) is 0 Å². The number of carbonyl (C=O) groups excluding carboxylic acids is 2. The van der Waals surface area contributed by atoms with Crippen molar-refractivity contribution in [1.82, 2.24) is 15.1 Å². The quantitative estimate of drug-likeness (QED) is 0.730. The smallest absolute Gasteiger partial charge is 0.410 e. The van der Waals surface area contributed by atoms with Gasteiger partial charge in [0, 0.05) is 39.3 Å². The second kappa shape index (κ2) is 13.3. The molecule has 1 radical (unpaired) electrons. The summed E-state index contributed by atoms with van der Waals surface area (Å²) in [6, 6.07) is 19.1. The van der Waals surface area contributed by atoms with E-state index in [0.29, 0.717) is 52.5 Å². The Morgan fingerprint density at radius 1 is 0.719 bits per heavy atom. The molecule has 0 saturated carbocycles. The number of carbonyl (C=O) groups is 2. The molecule has 171 valence electrons. The van der Waals surface area contributed by atoms with Gasteiger partial charge in [-0.25, -0.2) is 14.9 Å². The lowest BCUT2D eigenvalue weighted by atomic mass is 10.2. The van der Waals surface area contributed by atoms with E-state index in [2.05, 4.69) is 5.32 Å². The maximum atomic E-state index is 12.5. The predicted octanol–water partition coefficient (Wildman–Crippen LogP) is 2.90. The van der Waals surface area contributed by atoms with Gasteiger partial charge in [0.05, 0.1) is 13.2 Å². The van der Waals surface area contributed by atoms with Crippen molar-refractivity contribution in [3.05, 3.63) is 71.8 Å². The van der Waals surface area contributed by atoms with Gasteiger partial charge in [0.25, 0.3) is 0 Å². The fourth-order valence-electron chi connectivity index (χ4n) is 3.16. The molecular weight excluding hydrogens is 410 g/mol. The number of rotatable bonds is 4. The largest absolute Gasteiger partial charge is 0.445 e. The Kier molecular flexibility index (Phi) is 9.82. The zero-order valence-electron chi connectivity index (χ0n) is 18.2. The normalized spacial score (nSPS) is 15.9. The molecule has 1 fully saturated rings. The van der Waals surface area contributed by atoms with Gasteiger partial charge in [-0.2, -0.15) is 0 Å². The monoisotopic (exact) mass is 440 g/mol.